The van der Waals surface area contributed by atoms with Crippen LogP contribution in [0.25, 0.3) is 0 Å². The third kappa shape index (κ3) is 12.2. The molecule has 0 radical (unpaired) electrons. The summed E-state index contributed by atoms with van der Waals surface area (Å²) in [7, 11) is 0. The lowest BCUT2D eigenvalue weighted by molar-refractivity contribution is -0.148. The van der Waals surface area contributed by atoms with Gasteiger partial charge in [-0.15, -0.1) is 0 Å². The van der Waals surface area contributed by atoms with Gasteiger partial charge < -0.3 is 36.2 Å². The molecule has 4 atom stereocenters. The highest BCUT2D eigenvalue weighted by Crippen LogP contribution is 2.06. The van der Waals surface area contributed by atoms with Crippen LogP contribution < -0.4 is 10.6 Å². The first-order valence-electron chi connectivity index (χ1n) is 9.59. The third-order valence-electron chi connectivity index (χ3n) is 4.07. The summed E-state index contributed by atoms with van der Waals surface area (Å²) in [6.07, 6.45) is 2.83. The molecule has 0 saturated carbocycles. The van der Waals surface area contributed by atoms with Crippen LogP contribution in [0.5, 0.6) is 0 Å². The van der Waals surface area contributed by atoms with Crippen molar-refractivity contribution in [1.82, 2.24) is 10.6 Å². The van der Waals surface area contributed by atoms with Crippen LogP contribution in [0.15, 0.2) is 36.6 Å². The Labute approximate surface area is 171 Å². The number of hydrogen-bond donors (Lipinski definition) is 7. The second-order valence-corrected chi connectivity index (χ2v) is 6.61. The second-order valence-electron chi connectivity index (χ2n) is 6.61. The Bertz CT molecular complexity index is 563. The van der Waals surface area contributed by atoms with E-state index in [0.29, 0.717) is 32.1 Å². The van der Waals surface area contributed by atoms with Crippen LogP contribution in [-0.4, -0.2) is 74.9 Å². The molecule has 9 nitrogen and oxygen atoms in total. The average Bonchev–Trinajstić information content (AvgIpc) is 2.71. The van der Waals surface area contributed by atoms with Crippen molar-refractivity contribution in [2.75, 3.05) is 13.2 Å². The Hall–Kier alpha value is -2.04. The number of rotatable bonds is 15. The summed E-state index contributed by atoms with van der Waals surface area (Å²) in [4.78, 5) is 23.5. The summed E-state index contributed by atoms with van der Waals surface area (Å²) in [6.45, 7) is 4.78. The minimum atomic E-state index is -1.94. The normalized spacial score (nSPS) is 16.1. The minimum Gasteiger partial charge on any atom is -0.394 e. The predicted octanol–water partition coefficient (Wildman–Crippen LogP) is -0.749. The summed E-state index contributed by atoms with van der Waals surface area (Å²) in [5.41, 5.74) is 0.775. The number of aliphatic hydroxyl groups excluding tert-OH is 5. The molecule has 9 heteroatoms. The molecule has 166 valence electrons. The number of amides is 2. The van der Waals surface area contributed by atoms with Crippen LogP contribution in [0.3, 0.4) is 0 Å². The molecule has 0 aliphatic carbocycles. The lowest BCUT2D eigenvalue weighted by Gasteiger charge is -2.24. The molecule has 0 aromatic carbocycles. The number of aliphatic hydroxyl groups is 5. The number of carbonyl (C=O) groups is 2. The lowest BCUT2D eigenvalue weighted by Crippen LogP contribution is -2.51. The first-order valence-corrected chi connectivity index (χ1v) is 9.59. The highest BCUT2D eigenvalue weighted by atomic mass is 16.4. The first-order chi connectivity index (χ1) is 13.7. The number of nitrogens with one attached hydrogen (secondary N) is 2. The van der Waals surface area contributed by atoms with Crippen molar-refractivity contribution in [3.05, 3.63) is 36.6 Å². The minimum absolute atomic E-state index is 0.0922. The third-order valence-corrected chi connectivity index (χ3v) is 4.07. The van der Waals surface area contributed by atoms with Crippen molar-refractivity contribution < 1.29 is 35.1 Å². The van der Waals surface area contributed by atoms with Gasteiger partial charge in [-0.3, -0.25) is 9.59 Å². The summed E-state index contributed by atoms with van der Waals surface area (Å²) >= 11 is 0. The van der Waals surface area contributed by atoms with Gasteiger partial charge in [0, 0.05) is 18.7 Å². The van der Waals surface area contributed by atoms with Gasteiger partial charge in [-0.2, -0.15) is 0 Å². The molecule has 0 heterocycles. The molecule has 0 bridgehead atoms. The fraction of sp³-hybridized carbons (Fsp3) is 0.600. The number of carbonyl (C=O) groups excluding carboxylic acids is 2. The van der Waals surface area contributed by atoms with E-state index < -0.39 is 36.9 Å². The van der Waals surface area contributed by atoms with Crippen LogP contribution in [0.4, 0.5) is 0 Å². The molecule has 0 aromatic rings. The molecular formula is C20H34N2O7. The fourth-order valence-electron chi connectivity index (χ4n) is 2.33. The van der Waals surface area contributed by atoms with Gasteiger partial charge in [-0.25, -0.2) is 0 Å². The van der Waals surface area contributed by atoms with Gasteiger partial charge in [-0.05, 0) is 26.2 Å². The number of allylic oxidation sites excluding steroid dienone is 5. The number of hydrogen-bond acceptors (Lipinski definition) is 7. The van der Waals surface area contributed by atoms with E-state index >= 15 is 0 Å². The predicted molar refractivity (Wildman–Crippen MR) is 108 cm³/mol. The van der Waals surface area contributed by atoms with E-state index in [1.54, 1.807) is 6.08 Å². The van der Waals surface area contributed by atoms with Crippen LogP contribution >= 0.6 is 0 Å². The van der Waals surface area contributed by atoms with Crippen molar-refractivity contribution >= 4 is 11.8 Å². The molecule has 2 amide bonds. The molecule has 7 N–H and O–H groups in total. The van der Waals surface area contributed by atoms with Crippen LogP contribution in [0.2, 0.25) is 0 Å². The van der Waals surface area contributed by atoms with E-state index in [1.165, 1.54) is 0 Å². The zero-order valence-corrected chi connectivity index (χ0v) is 16.8. The van der Waals surface area contributed by atoms with Gasteiger partial charge in [0.05, 0.1) is 6.61 Å². The Balaban J connectivity index is 3.98. The Morgan fingerprint density at radius 2 is 1.76 bits per heavy atom. The topological polar surface area (TPSA) is 159 Å². The quantitative estimate of drug-likeness (QED) is 0.137. The average molecular weight is 414 g/mol. The van der Waals surface area contributed by atoms with Crippen LogP contribution in [-0.2, 0) is 9.59 Å². The van der Waals surface area contributed by atoms with Gasteiger partial charge >= 0.3 is 0 Å². The molecule has 0 rings (SSSR count). The molecule has 0 saturated heterocycles. The van der Waals surface area contributed by atoms with E-state index in [-0.39, 0.29) is 12.5 Å². The van der Waals surface area contributed by atoms with E-state index in [9.17, 15) is 30.0 Å². The maximum Gasteiger partial charge on any atom is 0.251 e. The molecule has 29 heavy (non-hydrogen) atoms. The highest BCUT2D eigenvalue weighted by Gasteiger charge is 2.33. The summed E-state index contributed by atoms with van der Waals surface area (Å²) < 4.78 is 0. The molecule has 0 aromatic heterocycles. The first kappa shape index (κ1) is 27.0. The second kappa shape index (κ2) is 15.8. The maximum absolute atomic E-state index is 11.8. The molecule has 0 spiro atoms. The summed E-state index contributed by atoms with van der Waals surface area (Å²) in [5.74, 6) is -0.990. The van der Waals surface area contributed by atoms with E-state index in [0.717, 1.165) is 5.70 Å². The monoisotopic (exact) mass is 414 g/mol. The molecule has 0 aliphatic heterocycles. The standard InChI is InChI=1S/C20H34N2O7/c1-3-4-5-7-10-14(2)22-16(25)11-8-6-9-12-21-20(29)19(28)18(27)17(26)15(24)13-23/h3-5,10,15,17-19,23-24,26-28H,1,6-9,11-13H2,2H3,(H,21,29)(H,22,25)/b5-4?,14-10+. The Morgan fingerprint density at radius 3 is 2.38 bits per heavy atom. The van der Waals surface area contributed by atoms with Gasteiger partial charge in [0.15, 0.2) is 6.10 Å². The van der Waals surface area contributed by atoms with Gasteiger partial charge in [-0.1, -0.05) is 37.3 Å². The van der Waals surface area contributed by atoms with Crippen molar-refractivity contribution in [2.24, 2.45) is 0 Å². The molecule has 0 aliphatic rings. The smallest absolute Gasteiger partial charge is 0.251 e. The fourth-order valence-corrected chi connectivity index (χ4v) is 2.33. The highest BCUT2D eigenvalue weighted by molar-refractivity contribution is 5.81. The van der Waals surface area contributed by atoms with Gasteiger partial charge in [0.2, 0.25) is 5.91 Å². The SMILES string of the molecule is C=CC=CC/C=C(\C)NC(=O)CCCCCNC(=O)C(O)C(O)C(O)C(O)CO. The van der Waals surface area contributed by atoms with Crippen molar-refractivity contribution in [1.29, 1.82) is 0 Å². The van der Waals surface area contributed by atoms with Crippen molar-refractivity contribution in [3.63, 3.8) is 0 Å². The van der Waals surface area contributed by atoms with E-state index in [1.807, 2.05) is 25.2 Å². The molecular weight excluding hydrogens is 380 g/mol. The largest absolute Gasteiger partial charge is 0.394 e. The van der Waals surface area contributed by atoms with Gasteiger partial charge in [0.25, 0.3) is 5.91 Å². The van der Waals surface area contributed by atoms with Crippen molar-refractivity contribution in [3.8, 4) is 0 Å². The van der Waals surface area contributed by atoms with Crippen LogP contribution in [0.1, 0.15) is 39.0 Å². The zero-order valence-electron chi connectivity index (χ0n) is 16.8. The number of unbranched alkanes of at least 4 members (excludes halogenated alkanes) is 2. The summed E-state index contributed by atoms with van der Waals surface area (Å²) in [6, 6.07) is 0. The maximum atomic E-state index is 11.8. The Kier molecular flexibility index (Phi) is 14.7. The van der Waals surface area contributed by atoms with E-state index in [4.69, 9.17) is 5.11 Å². The zero-order chi connectivity index (χ0) is 22.2. The van der Waals surface area contributed by atoms with Crippen molar-refractivity contribution in [2.45, 2.75) is 63.4 Å². The molecule has 4 unspecified atom stereocenters. The van der Waals surface area contributed by atoms with E-state index in [2.05, 4.69) is 17.2 Å². The van der Waals surface area contributed by atoms with Gasteiger partial charge in [0.1, 0.15) is 18.3 Å². The lowest BCUT2D eigenvalue weighted by atomic mass is 10.0. The Morgan fingerprint density at radius 1 is 1.07 bits per heavy atom. The van der Waals surface area contributed by atoms with Crippen LogP contribution in [0, 0.1) is 0 Å². The molecule has 0 fully saturated rings. The summed E-state index contributed by atoms with van der Waals surface area (Å²) in [5, 5.41) is 51.9.